The molecule has 0 aliphatic carbocycles. The molecule has 0 spiro atoms. The minimum absolute atomic E-state index is 0.665. The van der Waals surface area contributed by atoms with Gasteiger partial charge in [0.1, 0.15) is 0 Å². The van der Waals surface area contributed by atoms with Gasteiger partial charge in [-0.1, -0.05) is 76.6 Å². The summed E-state index contributed by atoms with van der Waals surface area (Å²) in [5.41, 5.74) is 3.57. The third-order valence-corrected chi connectivity index (χ3v) is 4.49. The summed E-state index contributed by atoms with van der Waals surface area (Å²) in [6.45, 7) is 17.7. The first-order valence-electron chi connectivity index (χ1n) is 8.66. The van der Waals surface area contributed by atoms with Gasteiger partial charge in [-0.3, -0.25) is 0 Å². The van der Waals surface area contributed by atoms with Crippen LogP contribution in [-0.2, 0) is 0 Å². The van der Waals surface area contributed by atoms with E-state index in [-0.39, 0.29) is 0 Å². The van der Waals surface area contributed by atoms with Gasteiger partial charge in [-0.2, -0.15) is 0 Å². The van der Waals surface area contributed by atoms with E-state index < -0.39 is 0 Å². The van der Waals surface area contributed by atoms with E-state index in [1.165, 1.54) is 24.8 Å². The summed E-state index contributed by atoms with van der Waals surface area (Å²) in [5, 5.41) is 0. The highest BCUT2D eigenvalue weighted by molar-refractivity contribution is 5.41. The summed E-state index contributed by atoms with van der Waals surface area (Å²) < 4.78 is 0. The predicted molar refractivity (Wildman–Crippen MR) is 99.8 cm³/mol. The zero-order valence-corrected chi connectivity index (χ0v) is 14.9. The van der Waals surface area contributed by atoms with Crippen LogP contribution in [-0.4, -0.2) is 17.5 Å². The first-order chi connectivity index (χ1) is 10.5. The van der Waals surface area contributed by atoms with Gasteiger partial charge in [0.15, 0.2) is 0 Å². The largest absolute Gasteiger partial charge is 0.370 e. The highest BCUT2D eigenvalue weighted by Crippen LogP contribution is 2.25. The first kappa shape index (κ1) is 18.5. The van der Waals surface area contributed by atoms with Crippen LogP contribution in [0, 0.1) is 5.92 Å². The topological polar surface area (TPSA) is 3.24 Å². The minimum Gasteiger partial charge on any atom is -0.370 e. The lowest BCUT2D eigenvalue weighted by Crippen LogP contribution is -2.31. The molecular weight excluding hydrogens is 266 g/mol. The average Bonchev–Trinajstić information content (AvgIpc) is 2.85. The summed E-state index contributed by atoms with van der Waals surface area (Å²) in [5.74, 6) is 0.666. The average molecular weight is 300 g/mol. The molecule has 1 rings (SSSR count). The number of hydrogen-bond acceptors (Lipinski definition) is 1. The van der Waals surface area contributed by atoms with Crippen molar-refractivity contribution >= 4 is 0 Å². The molecule has 0 fully saturated rings. The molecule has 0 amide bonds. The van der Waals surface area contributed by atoms with Gasteiger partial charge >= 0.3 is 0 Å². The Labute approximate surface area is 137 Å². The van der Waals surface area contributed by atoms with Crippen LogP contribution in [0.1, 0.15) is 53.4 Å². The van der Waals surface area contributed by atoms with Crippen molar-refractivity contribution in [3.8, 4) is 0 Å². The number of hydrogen-bond donors (Lipinski definition) is 0. The molecule has 1 aliphatic heterocycles. The van der Waals surface area contributed by atoms with Gasteiger partial charge in [0.25, 0.3) is 0 Å². The van der Waals surface area contributed by atoms with E-state index in [1.54, 1.807) is 0 Å². The van der Waals surface area contributed by atoms with Crippen LogP contribution >= 0.6 is 0 Å². The summed E-state index contributed by atoms with van der Waals surface area (Å²) >= 11 is 0. The van der Waals surface area contributed by atoms with Crippen LogP contribution < -0.4 is 0 Å². The van der Waals surface area contributed by atoms with Crippen LogP contribution in [0.4, 0.5) is 0 Å². The Hall–Kier alpha value is -1.50. The second kappa shape index (κ2) is 9.50. The number of rotatable bonds is 9. The van der Waals surface area contributed by atoms with Crippen molar-refractivity contribution in [2.45, 2.75) is 59.4 Å². The Kier molecular flexibility index (Phi) is 8.01. The second-order valence-corrected chi connectivity index (χ2v) is 6.32. The smallest absolute Gasteiger partial charge is 0.0362 e. The van der Waals surface area contributed by atoms with Gasteiger partial charge in [-0.15, -0.1) is 0 Å². The Morgan fingerprint density at radius 3 is 2.59 bits per heavy atom. The fourth-order valence-electron chi connectivity index (χ4n) is 2.91. The molecule has 0 saturated carbocycles. The molecule has 0 saturated heterocycles. The van der Waals surface area contributed by atoms with Crippen molar-refractivity contribution in [3.63, 3.8) is 0 Å². The summed E-state index contributed by atoms with van der Waals surface area (Å²) in [4.78, 5) is 2.50. The fourth-order valence-corrected chi connectivity index (χ4v) is 2.91. The van der Waals surface area contributed by atoms with Crippen LogP contribution in [0.3, 0.4) is 0 Å². The van der Waals surface area contributed by atoms with E-state index in [4.69, 9.17) is 0 Å². The molecule has 1 nitrogen and oxygen atoms in total. The van der Waals surface area contributed by atoms with Crippen LogP contribution in [0.2, 0.25) is 0 Å². The Balaban J connectivity index is 2.76. The second-order valence-electron chi connectivity index (χ2n) is 6.32. The van der Waals surface area contributed by atoms with Gasteiger partial charge in [-0.05, 0) is 43.0 Å². The van der Waals surface area contributed by atoms with Crippen LogP contribution in [0.5, 0.6) is 0 Å². The zero-order chi connectivity index (χ0) is 16.5. The molecule has 1 aliphatic rings. The first-order valence-corrected chi connectivity index (χ1v) is 8.66. The van der Waals surface area contributed by atoms with E-state index in [0.29, 0.717) is 12.0 Å². The molecule has 0 aromatic heterocycles. The van der Waals surface area contributed by atoms with E-state index in [2.05, 4.69) is 63.3 Å². The molecule has 1 heteroatoms. The summed E-state index contributed by atoms with van der Waals surface area (Å²) in [6.07, 6.45) is 16.0. The maximum Gasteiger partial charge on any atom is 0.0362 e. The molecule has 0 N–H and O–H groups in total. The zero-order valence-electron chi connectivity index (χ0n) is 14.9. The van der Waals surface area contributed by atoms with Crippen molar-refractivity contribution in [1.82, 2.24) is 4.90 Å². The van der Waals surface area contributed by atoms with Gasteiger partial charge in [-0.25, -0.2) is 0 Å². The highest BCUT2D eigenvalue weighted by atomic mass is 15.2. The molecule has 122 valence electrons. The summed E-state index contributed by atoms with van der Waals surface area (Å²) in [7, 11) is 0. The van der Waals surface area contributed by atoms with Gasteiger partial charge < -0.3 is 4.90 Å². The summed E-state index contributed by atoms with van der Waals surface area (Å²) in [6, 6.07) is 0.665. The molecule has 0 aromatic rings. The SMILES string of the molecule is C=C/C(=C\C(=C\CN1C=CC(C)C1CCCC)CC)C(=C)C. The number of unbranched alkanes of at least 4 members (excludes halogenated alkanes) is 1. The molecular formula is C21H33N. The Morgan fingerprint density at radius 2 is 2.05 bits per heavy atom. The van der Waals surface area contributed by atoms with E-state index in [1.807, 2.05) is 13.0 Å². The molecule has 0 radical (unpaired) electrons. The van der Waals surface area contributed by atoms with Crippen LogP contribution in [0.15, 0.2) is 60.4 Å². The minimum atomic E-state index is 0.665. The standard InChI is InChI=1S/C21H33N/c1-7-10-11-21-18(6)12-14-22(21)15-13-19(8-2)16-20(9-3)17(4)5/h9,12-14,16,18,21H,3-4,7-8,10-11,15H2,1-2,5-6H3/b19-13+,20-16+. The van der Waals surface area contributed by atoms with Crippen molar-refractivity contribution < 1.29 is 0 Å². The molecule has 1 heterocycles. The van der Waals surface area contributed by atoms with Crippen molar-refractivity contribution in [3.05, 3.63) is 60.4 Å². The van der Waals surface area contributed by atoms with Gasteiger partial charge in [0.2, 0.25) is 0 Å². The van der Waals surface area contributed by atoms with Crippen LogP contribution in [0.25, 0.3) is 0 Å². The molecule has 2 atom stereocenters. The highest BCUT2D eigenvalue weighted by Gasteiger charge is 2.24. The third-order valence-electron chi connectivity index (χ3n) is 4.49. The lowest BCUT2D eigenvalue weighted by molar-refractivity contribution is 0.264. The quantitative estimate of drug-likeness (QED) is 0.469. The molecule has 22 heavy (non-hydrogen) atoms. The molecule has 0 bridgehead atoms. The fraction of sp³-hybridized carbons (Fsp3) is 0.524. The van der Waals surface area contributed by atoms with Gasteiger partial charge in [0.05, 0.1) is 0 Å². The maximum atomic E-state index is 4.02. The van der Waals surface area contributed by atoms with Gasteiger partial charge in [0, 0.05) is 12.6 Å². The van der Waals surface area contributed by atoms with E-state index in [0.717, 1.165) is 24.1 Å². The molecule has 0 aromatic carbocycles. The third kappa shape index (κ3) is 5.36. The Morgan fingerprint density at radius 1 is 1.32 bits per heavy atom. The number of nitrogens with zero attached hydrogens (tertiary/aromatic N) is 1. The molecule has 2 unspecified atom stereocenters. The number of allylic oxidation sites excluding steroid dienone is 5. The maximum absolute atomic E-state index is 4.02. The normalized spacial score (nSPS) is 22.3. The Bertz CT molecular complexity index is 464. The lowest BCUT2D eigenvalue weighted by Gasteiger charge is -2.27. The predicted octanol–water partition coefficient (Wildman–Crippen LogP) is 6.04. The van der Waals surface area contributed by atoms with E-state index >= 15 is 0 Å². The van der Waals surface area contributed by atoms with E-state index in [9.17, 15) is 0 Å². The van der Waals surface area contributed by atoms with Crippen molar-refractivity contribution in [2.24, 2.45) is 5.92 Å². The van der Waals surface area contributed by atoms with Crippen molar-refractivity contribution in [1.29, 1.82) is 0 Å². The van der Waals surface area contributed by atoms with Crippen molar-refractivity contribution in [2.75, 3.05) is 6.54 Å². The lowest BCUT2D eigenvalue weighted by atomic mass is 9.98. The monoisotopic (exact) mass is 299 g/mol.